The highest BCUT2D eigenvalue weighted by Crippen LogP contribution is 2.33. The maximum atomic E-state index is 11.1. The molecule has 1 N–H and O–H groups in total. The first-order chi connectivity index (χ1) is 11.7. The third kappa shape index (κ3) is 9.36. The molecule has 0 heterocycles. The van der Waals surface area contributed by atoms with Gasteiger partial charge in [0.2, 0.25) is 0 Å². The molecule has 0 saturated heterocycles. The normalized spacial score (nSPS) is 13.6. The molecule has 0 bridgehead atoms. The number of benzene rings is 1. The lowest BCUT2D eigenvalue weighted by Gasteiger charge is -2.16. The van der Waals surface area contributed by atoms with Crippen LogP contribution in [0.25, 0.3) is 0 Å². The summed E-state index contributed by atoms with van der Waals surface area (Å²) in [6.45, 7) is 4.58. The van der Waals surface area contributed by atoms with Gasteiger partial charge in [0.15, 0.2) is 0 Å². The second kappa shape index (κ2) is 13.3. The third-order valence-electron chi connectivity index (χ3n) is 4.65. The van der Waals surface area contributed by atoms with Gasteiger partial charge < -0.3 is 5.11 Å². The molecule has 2 atom stereocenters. The molecule has 1 aromatic rings. The zero-order valence-corrected chi connectivity index (χ0v) is 16.2. The molecule has 2 nitrogen and oxygen atoms in total. The number of carbonyl (C=O) groups is 1. The number of hydrogen-bond donors (Lipinski definition) is 1. The summed E-state index contributed by atoms with van der Waals surface area (Å²) in [5.74, 6) is 1.25. The molecule has 0 spiro atoms. The fraction of sp³-hybridized carbons (Fsp3) is 0.667. The first-order valence-electron chi connectivity index (χ1n) is 9.55. The molecule has 1 rings (SSSR count). The maximum Gasteiger partial charge on any atom is 0.304 e. The van der Waals surface area contributed by atoms with Crippen LogP contribution in [0.4, 0.5) is 0 Å². The van der Waals surface area contributed by atoms with E-state index in [9.17, 15) is 4.79 Å². The molecular weight excluding hydrogens is 316 g/mol. The van der Waals surface area contributed by atoms with Gasteiger partial charge in [-0.05, 0) is 23.7 Å². The lowest BCUT2D eigenvalue weighted by Crippen LogP contribution is -2.04. The van der Waals surface area contributed by atoms with Gasteiger partial charge >= 0.3 is 5.97 Å². The van der Waals surface area contributed by atoms with Crippen LogP contribution in [0.5, 0.6) is 0 Å². The largest absolute Gasteiger partial charge is 0.481 e. The Bertz CT molecular complexity index is 433. The quantitative estimate of drug-likeness (QED) is 0.379. The molecule has 0 radical (unpaired) electrons. The van der Waals surface area contributed by atoms with E-state index >= 15 is 0 Å². The molecule has 2 unspecified atom stereocenters. The fourth-order valence-corrected chi connectivity index (χ4v) is 4.35. The molecule has 0 amide bonds. The van der Waals surface area contributed by atoms with Crippen molar-refractivity contribution in [2.24, 2.45) is 5.92 Å². The highest BCUT2D eigenvalue weighted by molar-refractivity contribution is 7.99. The van der Waals surface area contributed by atoms with Crippen LogP contribution in [0, 0.1) is 5.92 Å². The third-order valence-corrected chi connectivity index (χ3v) is 6.02. The lowest BCUT2D eigenvalue weighted by atomic mass is 9.93. The molecule has 0 aromatic heterocycles. The van der Waals surface area contributed by atoms with Crippen molar-refractivity contribution < 1.29 is 9.90 Å². The predicted molar refractivity (Wildman–Crippen MR) is 106 cm³/mol. The Kier molecular flexibility index (Phi) is 11.7. The highest BCUT2D eigenvalue weighted by Gasteiger charge is 2.15. The minimum absolute atomic E-state index is 0.0802. The Morgan fingerprint density at radius 2 is 1.75 bits per heavy atom. The summed E-state index contributed by atoms with van der Waals surface area (Å²) in [5.41, 5.74) is 1.13. The van der Waals surface area contributed by atoms with Crippen molar-refractivity contribution in [2.75, 3.05) is 5.75 Å². The van der Waals surface area contributed by atoms with E-state index in [1.165, 1.54) is 51.4 Å². The Morgan fingerprint density at radius 1 is 1.04 bits per heavy atom. The fourth-order valence-electron chi connectivity index (χ4n) is 3.08. The van der Waals surface area contributed by atoms with Crippen LogP contribution < -0.4 is 0 Å². The second-order valence-electron chi connectivity index (χ2n) is 6.63. The zero-order valence-electron chi connectivity index (χ0n) is 15.4. The van der Waals surface area contributed by atoms with Crippen molar-refractivity contribution in [2.45, 2.75) is 76.9 Å². The summed E-state index contributed by atoms with van der Waals surface area (Å²) < 4.78 is 0. The van der Waals surface area contributed by atoms with Crippen LogP contribution in [-0.2, 0) is 4.79 Å². The van der Waals surface area contributed by atoms with E-state index in [0.717, 1.165) is 17.2 Å². The lowest BCUT2D eigenvalue weighted by molar-refractivity contribution is -0.137. The summed E-state index contributed by atoms with van der Waals surface area (Å²) >= 11 is 1.80. The van der Waals surface area contributed by atoms with E-state index in [1.807, 2.05) is 30.3 Å². The van der Waals surface area contributed by atoms with Crippen molar-refractivity contribution in [3.8, 4) is 0 Å². The number of carboxylic acids is 1. The van der Waals surface area contributed by atoms with Crippen LogP contribution in [0.2, 0.25) is 0 Å². The van der Waals surface area contributed by atoms with E-state index in [4.69, 9.17) is 5.11 Å². The van der Waals surface area contributed by atoms with Crippen molar-refractivity contribution in [1.82, 2.24) is 0 Å². The molecule has 0 aliphatic rings. The molecule has 0 aliphatic heterocycles. The average Bonchev–Trinajstić information content (AvgIpc) is 2.59. The smallest absolute Gasteiger partial charge is 0.304 e. The minimum Gasteiger partial charge on any atom is -0.481 e. The number of hydrogen-bond acceptors (Lipinski definition) is 2. The van der Waals surface area contributed by atoms with Gasteiger partial charge in [0.05, 0.1) is 6.42 Å². The molecular formula is C21H34O2S. The van der Waals surface area contributed by atoms with Crippen LogP contribution in [-0.4, -0.2) is 16.8 Å². The number of carboxylic acid groups (broad SMARTS) is 1. The van der Waals surface area contributed by atoms with Gasteiger partial charge in [-0.25, -0.2) is 0 Å². The van der Waals surface area contributed by atoms with E-state index in [-0.39, 0.29) is 11.7 Å². The van der Waals surface area contributed by atoms with Crippen molar-refractivity contribution >= 4 is 17.7 Å². The molecule has 136 valence electrons. The maximum absolute atomic E-state index is 11.1. The Hall–Kier alpha value is -0.960. The Balaban J connectivity index is 2.24. The van der Waals surface area contributed by atoms with Gasteiger partial charge in [-0.15, -0.1) is 0 Å². The molecule has 3 heteroatoms. The highest BCUT2D eigenvalue weighted by atomic mass is 32.2. The summed E-state index contributed by atoms with van der Waals surface area (Å²) in [6.07, 6.45) is 10.7. The molecule has 1 aromatic carbocycles. The summed E-state index contributed by atoms with van der Waals surface area (Å²) in [6, 6.07) is 10.0. The zero-order chi connectivity index (χ0) is 17.6. The average molecular weight is 351 g/mol. The topological polar surface area (TPSA) is 37.3 Å². The standard InChI is InChI=1S/C21H34O2S/c1-3-5-12-18(4-2)13-8-7-11-16-24-20(17-21(22)23)19-14-9-6-10-15-19/h6,9-10,14-15,18,20H,3-5,7-8,11-13,16-17H2,1-2H3,(H,22,23). The molecule has 24 heavy (non-hydrogen) atoms. The van der Waals surface area contributed by atoms with Gasteiger partial charge in [-0.2, -0.15) is 11.8 Å². The van der Waals surface area contributed by atoms with Gasteiger partial charge in [0.1, 0.15) is 0 Å². The first-order valence-corrected chi connectivity index (χ1v) is 10.6. The van der Waals surface area contributed by atoms with Crippen LogP contribution in [0.1, 0.15) is 82.4 Å². The van der Waals surface area contributed by atoms with E-state index in [0.29, 0.717) is 0 Å². The van der Waals surface area contributed by atoms with Crippen LogP contribution in [0.3, 0.4) is 0 Å². The van der Waals surface area contributed by atoms with Crippen molar-refractivity contribution in [3.63, 3.8) is 0 Å². The van der Waals surface area contributed by atoms with E-state index in [2.05, 4.69) is 13.8 Å². The SMILES string of the molecule is CCCCC(CC)CCCCCSC(CC(=O)O)c1ccccc1. The second-order valence-corrected chi connectivity index (χ2v) is 7.94. The Morgan fingerprint density at radius 3 is 2.38 bits per heavy atom. The molecule has 0 fully saturated rings. The molecule has 0 aliphatic carbocycles. The first kappa shape index (κ1) is 21.1. The Labute approximate surface area is 152 Å². The summed E-state index contributed by atoms with van der Waals surface area (Å²) in [4.78, 5) is 11.1. The van der Waals surface area contributed by atoms with Gasteiger partial charge in [-0.3, -0.25) is 4.79 Å². The van der Waals surface area contributed by atoms with E-state index < -0.39 is 5.97 Å². The van der Waals surface area contributed by atoms with E-state index in [1.54, 1.807) is 11.8 Å². The number of unbranched alkanes of at least 4 members (excludes halogenated alkanes) is 3. The van der Waals surface area contributed by atoms with Crippen molar-refractivity contribution in [1.29, 1.82) is 0 Å². The van der Waals surface area contributed by atoms with Crippen LogP contribution >= 0.6 is 11.8 Å². The monoisotopic (exact) mass is 350 g/mol. The van der Waals surface area contributed by atoms with Gasteiger partial charge in [0, 0.05) is 5.25 Å². The van der Waals surface area contributed by atoms with Crippen molar-refractivity contribution in [3.05, 3.63) is 35.9 Å². The number of rotatable bonds is 14. The predicted octanol–water partition coefficient (Wildman–Crippen LogP) is 6.71. The summed E-state index contributed by atoms with van der Waals surface area (Å²) in [5, 5.41) is 9.21. The number of aliphatic carboxylic acids is 1. The van der Waals surface area contributed by atoms with Gasteiger partial charge in [-0.1, -0.05) is 89.1 Å². The van der Waals surface area contributed by atoms with Gasteiger partial charge in [0.25, 0.3) is 0 Å². The van der Waals surface area contributed by atoms with Crippen LogP contribution in [0.15, 0.2) is 30.3 Å². The molecule has 0 saturated carbocycles. The minimum atomic E-state index is -0.710. The summed E-state index contributed by atoms with van der Waals surface area (Å²) in [7, 11) is 0. The number of thioether (sulfide) groups is 1.